The van der Waals surface area contributed by atoms with E-state index in [1.807, 2.05) is 43.3 Å². The second-order valence-corrected chi connectivity index (χ2v) is 5.11. The number of nitrogens with one attached hydrogen (secondary N) is 1. The zero-order valence-electron chi connectivity index (χ0n) is 13.1. The van der Waals surface area contributed by atoms with Gasteiger partial charge in [0.15, 0.2) is 17.6 Å². The molecule has 0 radical (unpaired) electrons. The van der Waals surface area contributed by atoms with Gasteiger partial charge >= 0.3 is 0 Å². The average Bonchev–Trinajstić information content (AvgIpc) is 2.54. The molecule has 116 valence electrons. The summed E-state index contributed by atoms with van der Waals surface area (Å²) in [6.45, 7) is 4.24. The van der Waals surface area contributed by atoms with E-state index in [1.54, 1.807) is 26.2 Å². The summed E-state index contributed by atoms with van der Waals surface area (Å²) >= 11 is 0. The lowest BCUT2D eigenvalue weighted by Gasteiger charge is -2.16. The summed E-state index contributed by atoms with van der Waals surface area (Å²) in [7, 11) is 1.57. The van der Waals surface area contributed by atoms with Gasteiger partial charge in [-0.05, 0) is 31.5 Å². The molecule has 4 heteroatoms. The van der Waals surface area contributed by atoms with Crippen LogP contribution in [0, 0.1) is 6.92 Å². The van der Waals surface area contributed by atoms with Crippen LogP contribution in [0.5, 0.6) is 11.5 Å². The first-order valence-electron chi connectivity index (χ1n) is 7.23. The van der Waals surface area contributed by atoms with Gasteiger partial charge in [0.1, 0.15) is 0 Å². The van der Waals surface area contributed by atoms with E-state index in [-0.39, 0.29) is 5.91 Å². The lowest BCUT2D eigenvalue weighted by Crippen LogP contribution is -2.35. The minimum Gasteiger partial charge on any atom is -0.493 e. The normalized spacial score (nSPS) is 11.6. The lowest BCUT2D eigenvalue weighted by atomic mass is 10.1. The number of hydrogen-bond donors (Lipinski definition) is 1. The van der Waals surface area contributed by atoms with Gasteiger partial charge in [0.05, 0.1) is 7.11 Å². The Bertz CT molecular complexity index is 622. The molecule has 1 unspecified atom stereocenters. The zero-order chi connectivity index (χ0) is 15.9. The van der Waals surface area contributed by atoms with Crippen molar-refractivity contribution in [2.75, 3.05) is 7.11 Å². The standard InChI is InChI=1S/C18H21NO3/c1-13-8-10-15(11-9-13)12-19-18(20)14(2)22-17-7-5-4-6-16(17)21-3/h4-11,14H,12H2,1-3H3,(H,19,20). The Morgan fingerprint density at radius 2 is 1.73 bits per heavy atom. The molecule has 2 aromatic carbocycles. The molecule has 0 saturated carbocycles. The molecule has 0 aliphatic heterocycles. The fourth-order valence-electron chi connectivity index (χ4n) is 2.00. The molecule has 2 rings (SSSR count). The SMILES string of the molecule is COc1ccccc1OC(C)C(=O)NCc1ccc(C)cc1. The van der Waals surface area contributed by atoms with Gasteiger partial charge in [-0.2, -0.15) is 0 Å². The van der Waals surface area contributed by atoms with E-state index in [2.05, 4.69) is 5.32 Å². The smallest absolute Gasteiger partial charge is 0.261 e. The maximum absolute atomic E-state index is 12.1. The number of hydrogen-bond acceptors (Lipinski definition) is 3. The lowest BCUT2D eigenvalue weighted by molar-refractivity contribution is -0.127. The molecule has 2 aromatic rings. The monoisotopic (exact) mass is 299 g/mol. The summed E-state index contributed by atoms with van der Waals surface area (Å²) in [5.74, 6) is 1.01. The first-order valence-corrected chi connectivity index (χ1v) is 7.23. The summed E-state index contributed by atoms with van der Waals surface area (Å²) in [6.07, 6.45) is -0.596. The van der Waals surface area contributed by atoms with E-state index < -0.39 is 6.10 Å². The number of carbonyl (C=O) groups is 1. The highest BCUT2D eigenvalue weighted by atomic mass is 16.5. The van der Waals surface area contributed by atoms with Crippen LogP contribution in [-0.2, 0) is 11.3 Å². The molecule has 0 saturated heterocycles. The second kappa shape index (κ2) is 7.50. The van der Waals surface area contributed by atoms with Crippen LogP contribution in [0.3, 0.4) is 0 Å². The molecule has 1 amide bonds. The van der Waals surface area contributed by atoms with Gasteiger partial charge in [-0.25, -0.2) is 0 Å². The van der Waals surface area contributed by atoms with Crippen molar-refractivity contribution in [1.82, 2.24) is 5.32 Å². The van der Waals surface area contributed by atoms with E-state index >= 15 is 0 Å². The summed E-state index contributed by atoms with van der Waals surface area (Å²) in [6, 6.07) is 15.3. The largest absolute Gasteiger partial charge is 0.493 e. The van der Waals surface area contributed by atoms with Crippen LogP contribution in [0.4, 0.5) is 0 Å². The minimum absolute atomic E-state index is 0.161. The maximum Gasteiger partial charge on any atom is 0.261 e. The molecular weight excluding hydrogens is 278 g/mol. The summed E-state index contributed by atoms with van der Waals surface area (Å²) < 4.78 is 10.9. The Morgan fingerprint density at radius 3 is 2.36 bits per heavy atom. The van der Waals surface area contributed by atoms with Gasteiger partial charge in [-0.3, -0.25) is 4.79 Å². The molecule has 4 nitrogen and oxygen atoms in total. The van der Waals surface area contributed by atoms with Gasteiger partial charge in [-0.1, -0.05) is 42.0 Å². The summed E-state index contributed by atoms with van der Waals surface area (Å²) in [5.41, 5.74) is 2.26. The maximum atomic E-state index is 12.1. The molecule has 0 fully saturated rings. The van der Waals surface area contributed by atoms with Crippen molar-refractivity contribution >= 4 is 5.91 Å². The van der Waals surface area contributed by atoms with Crippen LogP contribution < -0.4 is 14.8 Å². The molecule has 0 aliphatic carbocycles. The highest BCUT2D eigenvalue weighted by Gasteiger charge is 2.16. The molecule has 0 bridgehead atoms. The van der Waals surface area contributed by atoms with E-state index in [1.165, 1.54) is 5.56 Å². The second-order valence-electron chi connectivity index (χ2n) is 5.11. The van der Waals surface area contributed by atoms with Crippen molar-refractivity contribution in [3.8, 4) is 11.5 Å². The molecular formula is C18H21NO3. The number of aryl methyl sites for hydroxylation is 1. The third-order valence-electron chi connectivity index (χ3n) is 3.33. The first-order chi connectivity index (χ1) is 10.6. The quantitative estimate of drug-likeness (QED) is 0.891. The number of carbonyl (C=O) groups excluding carboxylic acids is 1. The van der Waals surface area contributed by atoms with E-state index in [0.717, 1.165) is 5.56 Å². The third kappa shape index (κ3) is 4.25. The van der Waals surface area contributed by atoms with Crippen LogP contribution in [-0.4, -0.2) is 19.1 Å². The molecule has 22 heavy (non-hydrogen) atoms. The molecule has 1 atom stereocenters. The van der Waals surface area contributed by atoms with Gasteiger partial charge in [-0.15, -0.1) is 0 Å². The molecule has 0 aromatic heterocycles. The predicted molar refractivity (Wildman–Crippen MR) is 86.1 cm³/mol. The van der Waals surface area contributed by atoms with Crippen molar-refractivity contribution in [2.24, 2.45) is 0 Å². The Morgan fingerprint density at radius 1 is 1.09 bits per heavy atom. The number of amides is 1. The number of ether oxygens (including phenoxy) is 2. The van der Waals surface area contributed by atoms with Gasteiger partial charge in [0.2, 0.25) is 0 Å². The Kier molecular flexibility index (Phi) is 5.42. The Balaban J connectivity index is 1.90. The zero-order valence-corrected chi connectivity index (χ0v) is 13.1. The Hall–Kier alpha value is -2.49. The number of para-hydroxylation sites is 2. The van der Waals surface area contributed by atoms with Crippen molar-refractivity contribution in [2.45, 2.75) is 26.5 Å². The number of rotatable bonds is 6. The number of benzene rings is 2. The van der Waals surface area contributed by atoms with E-state index in [9.17, 15) is 4.79 Å². The summed E-state index contributed by atoms with van der Waals surface area (Å²) in [5, 5.41) is 2.87. The van der Waals surface area contributed by atoms with E-state index in [0.29, 0.717) is 18.0 Å². The van der Waals surface area contributed by atoms with Crippen LogP contribution in [0.25, 0.3) is 0 Å². The molecule has 0 aliphatic rings. The predicted octanol–water partition coefficient (Wildman–Crippen LogP) is 3.09. The molecule has 0 heterocycles. The highest BCUT2D eigenvalue weighted by Crippen LogP contribution is 2.26. The molecule has 0 spiro atoms. The number of methoxy groups -OCH3 is 1. The van der Waals surface area contributed by atoms with Gasteiger partial charge < -0.3 is 14.8 Å². The minimum atomic E-state index is -0.596. The van der Waals surface area contributed by atoms with Crippen molar-refractivity contribution in [1.29, 1.82) is 0 Å². The van der Waals surface area contributed by atoms with Crippen molar-refractivity contribution in [3.05, 3.63) is 59.7 Å². The Labute approximate surface area is 131 Å². The fraction of sp³-hybridized carbons (Fsp3) is 0.278. The molecule has 1 N–H and O–H groups in total. The summed E-state index contributed by atoms with van der Waals surface area (Å²) in [4.78, 5) is 12.1. The average molecular weight is 299 g/mol. The van der Waals surface area contributed by atoms with Crippen LogP contribution in [0.15, 0.2) is 48.5 Å². The van der Waals surface area contributed by atoms with Gasteiger partial charge in [0.25, 0.3) is 5.91 Å². The van der Waals surface area contributed by atoms with E-state index in [4.69, 9.17) is 9.47 Å². The van der Waals surface area contributed by atoms with Gasteiger partial charge in [0, 0.05) is 6.54 Å². The van der Waals surface area contributed by atoms with Crippen molar-refractivity contribution in [3.63, 3.8) is 0 Å². The van der Waals surface area contributed by atoms with Crippen molar-refractivity contribution < 1.29 is 14.3 Å². The highest BCUT2D eigenvalue weighted by molar-refractivity contribution is 5.80. The first kappa shape index (κ1) is 15.9. The topological polar surface area (TPSA) is 47.6 Å². The third-order valence-corrected chi connectivity index (χ3v) is 3.33. The fourth-order valence-corrected chi connectivity index (χ4v) is 2.00. The van der Waals surface area contributed by atoms with Crippen LogP contribution >= 0.6 is 0 Å². The van der Waals surface area contributed by atoms with Crippen LogP contribution in [0.2, 0.25) is 0 Å². The van der Waals surface area contributed by atoms with Crippen LogP contribution in [0.1, 0.15) is 18.1 Å².